The van der Waals surface area contributed by atoms with Crippen LogP contribution in [-0.2, 0) is 4.74 Å². The van der Waals surface area contributed by atoms with Crippen LogP contribution in [0.3, 0.4) is 0 Å². The van der Waals surface area contributed by atoms with Crippen molar-refractivity contribution in [2.24, 2.45) is 11.1 Å². The van der Waals surface area contributed by atoms with Crippen molar-refractivity contribution in [1.82, 2.24) is 0 Å². The Kier molecular flexibility index (Phi) is 4.79. The lowest BCUT2D eigenvalue weighted by Crippen LogP contribution is -2.48. The molecule has 118 valence electrons. The molecule has 0 spiro atoms. The molecule has 0 heterocycles. The van der Waals surface area contributed by atoms with Crippen LogP contribution in [0.2, 0.25) is 0 Å². The monoisotopic (exact) mass is 289 g/mol. The Labute approximate surface area is 130 Å². The predicted octanol–water partition coefficient (Wildman–Crippen LogP) is 4.68. The first-order valence-corrected chi connectivity index (χ1v) is 8.26. The quantitative estimate of drug-likeness (QED) is 0.873. The molecule has 2 nitrogen and oxygen atoms in total. The molecular weight excluding hydrogens is 258 g/mol. The van der Waals surface area contributed by atoms with Crippen molar-refractivity contribution in [3.05, 3.63) is 34.9 Å². The number of nitrogens with two attached hydrogens (primary N) is 1. The molecule has 1 atom stereocenters. The Morgan fingerprint density at radius 2 is 1.76 bits per heavy atom. The van der Waals surface area contributed by atoms with Gasteiger partial charge in [0.2, 0.25) is 0 Å². The van der Waals surface area contributed by atoms with E-state index in [-0.39, 0.29) is 11.6 Å². The largest absolute Gasteiger partial charge is 0.373 e. The van der Waals surface area contributed by atoms with Gasteiger partial charge in [-0.25, -0.2) is 0 Å². The zero-order valence-corrected chi connectivity index (χ0v) is 14.3. The second-order valence-electron chi connectivity index (χ2n) is 7.50. The minimum absolute atomic E-state index is 0.0332. The third-order valence-electron chi connectivity index (χ3n) is 5.21. The van der Waals surface area contributed by atoms with Crippen LogP contribution < -0.4 is 5.73 Å². The Morgan fingerprint density at radius 1 is 1.14 bits per heavy atom. The Morgan fingerprint density at radius 3 is 2.29 bits per heavy atom. The molecule has 21 heavy (non-hydrogen) atoms. The summed E-state index contributed by atoms with van der Waals surface area (Å²) in [5, 5.41) is 0. The predicted molar refractivity (Wildman–Crippen MR) is 89.5 cm³/mol. The van der Waals surface area contributed by atoms with Gasteiger partial charge in [0.1, 0.15) is 0 Å². The van der Waals surface area contributed by atoms with E-state index >= 15 is 0 Å². The zero-order valence-electron chi connectivity index (χ0n) is 14.3. The lowest BCUT2D eigenvalue weighted by Gasteiger charge is -2.47. The van der Waals surface area contributed by atoms with E-state index in [2.05, 4.69) is 52.8 Å². The molecule has 1 aromatic carbocycles. The van der Waals surface area contributed by atoms with Crippen LogP contribution in [-0.4, -0.2) is 12.2 Å². The van der Waals surface area contributed by atoms with E-state index in [9.17, 15) is 0 Å². The highest BCUT2D eigenvalue weighted by atomic mass is 16.5. The Bertz CT molecular complexity index is 482. The van der Waals surface area contributed by atoms with Crippen LogP contribution in [0.1, 0.15) is 69.2 Å². The van der Waals surface area contributed by atoms with Crippen LogP contribution in [0.25, 0.3) is 0 Å². The smallest absolute Gasteiger partial charge is 0.0874 e. The number of benzene rings is 1. The van der Waals surface area contributed by atoms with Crippen molar-refractivity contribution in [3.8, 4) is 0 Å². The van der Waals surface area contributed by atoms with Crippen molar-refractivity contribution in [2.75, 3.05) is 6.61 Å². The topological polar surface area (TPSA) is 35.2 Å². The van der Waals surface area contributed by atoms with Gasteiger partial charge in [0, 0.05) is 6.61 Å². The van der Waals surface area contributed by atoms with Gasteiger partial charge in [-0.2, -0.15) is 0 Å². The van der Waals surface area contributed by atoms with Gasteiger partial charge in [-0.1, -0.05) is 37.6 Å². The summed E-state index contributed by atoms with van der Waals surface area (Å²) in [5.74, 6) is 0. The van der Waals surface area contributed by atoms with Gasteiger partial charge in [0.25, 0.3) is 0 Å². The van der Waals surface area contributed by atoms with Crippen molar-refractivity contribution in [2.45, 2.75) is 71.9 Å². The van der Waals surface area contributed by atoms with E-state index in [0.29, 0.717) is 5.41 Å². The maximum atomic E-state index is 6.71. The van der Waals surface area contributed by atoms with E-state index in [0.717, 1.165) is 19.4 Å². The summed E-state index contributed by atoms with van der Waals surface area (Å²) in [6, 6.07) is 6.54. The molecule has 0 saturated heterocycles. The molecule has 0 amide bonds. The maximum absolute atomic E-state index is 6.71. The Balaban J connectivity index is 2.29. The van der Waals surface area contributed by atoms with E-state index in [1.165, 1.54) is 29.5 Å². The number of hydrogen-bond donors (Lipinski definition) is 1. The molecule has 1 aromatic rings. The third kappa shape index (κ3) is 3.49. The van der Waals surface area contributed by atoms with Crippen LogP contribution in [0, 0.1) is 19.3 Å². The molecule has 1 fully saturated rings. The van der Waals surface area contributed by atoms with Crippen LogP contribution in [0.15, 0.2) is 18.2 Å². The maximum Gasteiger partial charge on any atom is 0.0874 e. The zero-order chi connectivity index (χ0) is 15.7. The van der Waals surface area contributed by atoms with E-state index in [1.54, 1.807) is 0 Å². The first-order chi connectivity index (χ1) is 9.80. The van der Waals surface area contributed by atoms with Gasteiger partial charge in [0.05, 0.1) is 11.6 Å². The van der Waals surface area contributed by atoms with Crippen molar-refractivity contribution >= 4 is 0 Å². The summed E-state index contributed by atoms with van der Waals surface area (Å²) in [5.41, 5.74) is 10.8. The second kappa shape index (κ2) is 6.10. The first kappa shape index (κ1) is 16.5. The summed E-state index contributed by atoms with van der Waals surface area (Å²) in [7, 11) is 0. The third-order valence-corrected chi connectivity index (χ3v) is 5.21. The molecule has 1 aliphatic rings. The van der Waals surface area contributed by atoms with Gasteiger partial charge in [-0.15, -0.1) is 0 Å². The molecule has 0 aliphatic heterocycles. The molecule has 1 unspecified atom stereocenters. The van der Waals surface area contributed by atoms with Crippen molar-refractivity contribution in [3.63, 3.8) is 0 Å². The van der Waals surface area contributed by atoms with Crippen LogP contribution in [0.4, 0.5) is 0 Å². The first-order valence-electron chi connectivity index (χ1n) is 8.26. The molecule has 0 radical (unpaired) electrons. The molecule has 1 saturated carbocycles. The molecule has 2 heteroatoms. The van der Waals surface area contributed by atoms with E-state index in [4.69, 9.17) is 10.5 Å². The highest BCUT2D eigenvalue weighted by Gasteiger charge is 2.44. The normalized spacial score (nSPS) is 22.0. The molecule has 1 aliphatic carbocycles. The standard InChI is InChI=1S/C19H31NO/c1-6-21-19(11-9-18(4,5)10-12-19)17(20)16-8-7-14(2)13-15(16)3/h7-8,13,17H,6,9-12,20H2,1-5H3. The molecule has 0 bridgehead atoms. The number of aryl methyl sites for hydroxylation is 2. The van der Waals surface area contributed by atoms with Gasteiger partial charge < -0.3 is 10.5 Å². The van der Waals surface area contributed by atoms with Gasteiger partial charge >= 0.3 is 0 Å². The van der Waals surface area contributed by atoms with E-state index in [1.807, 2.05) is 0 Å². The number of hydrogen-bond acceptors (Lipinski definition) is 2. The fraction of sp³-hybridized carbons (Fsp3) is 0.684. The highest BCUT2D eigenvalue weighted by Crippen LogP contribution is 2.47. The Hall–Kier alpha value is -0.860. The molecular formula is C19H31NO. The summed E-state index contributed by atoms with van der Waals surface area (Å²) in [6.07, 6.45) is 4.49. The van der Waals surface area contributed by atoms with Gasteiger partial charge in [0.15, 0.2) is 0 Å². The average Bonchev–Trinajstić information content (AvgIpc) is 2.41. The minimum Gasteiger partial charge on any atom is -0.373 e. The highest BCUT2D eigenvalue weighted by molar-refractivity contribution is 5.34. The summed E-state index contributed by atoms with van der Waals surface area (Å²) < 4.78 is 6.24. The summed E-state index contributed by atoms with van der Waals surface area (Å²) in [6.45, 7) is 11.8. The lowest BCUT2D eigenvalue weighted by molar-refractivity contribution is -0.100. The average molecular weight is 289 g/mol. The lowest BCUT2D eigenvalue weighted by atomic mass is 9.67. The van der Waals surface area contributed by atoms with Crippen LogP contribution >= 0.6 is 0 Å². The molecule has 2 N–H and O–H groups in total. The summed E-state index contributed by atoms with van der Waals surface area (Å²) >= 11 is 0. The second-order valence-corrected chi connectivity index (χ2v) is 7.50. The van der Waals surface area contributed by atoms with Gasteiger partial charge in [-0.05, 0) is 63.0 Å². The van der Waals surface area contributed by atoms with Crippen molar-refractivity contribution in [1.29, 1.82) is 0 Å². The SMILES string of the molecule is CCOC1(C(N)c2ccc(C)cc2C)CCC(C)(C)CC1. The number of ether oxygens (including phenoxy) is 1. The van der Waals surface area contributed by atoms with Crippen molar-refractivity contribution < 1.29 is 4.74 Å². The summed E-state index contributed by atoms with van der Waals surface area (Å²) in [4.78, 5) is 0. The van der Waals surface area contributed by atoms with Gasteiger partial charge in [-0.3, -0.25) is 0 Å². The fourth-order valence-electron chi connectivity index (χ4n) is 3.64. The number of rotatable bonds is 4. The van der Waals surface area contributed by atoms with Crippen LogP contribution in [0.5, 0.6) is 0 Å². The molecule has 0 aromatic heterocycles. The molecule has 2 rings (SSSR count). The minimum atomic E-state index is -0.190. The van der Waals surface area contributed by atoms with E-state index < -0.39 is 0 Å². The fourth-order valence-corrected chi connectivity index (χ4v) is 3.64.